The molecule has 0 aromatic rings. The molecular weight excluding hydrogens is 178 g/mol. The van der Waals surface area contributed by atoms with Gasteiger partial charge in [0.15, 0.2) is 0 Å². The third-order valence-electron chi connectivity index (χ3n) is 2.86. The minimum absolute atomic E-state index is 0.330. The summed E-state index contributed by atoms with van der Waals surface area (Å²) in [5, 5.41) is 3.28. The number of nitrogens with one attached hydrogen (secondary N) is 1. The molecule has 1 heterocycles. The van der Waals surface area contributed by atoms with Crippen molar-refractivity contribution in [3.63, 3.8) is 0 Å². The van der Waals surface area contributed by atoms with Gasteiger partial charge in [-0.2, -0.15) is 0 Å². The third-order valence-corrected chi connectivity index (χ3v) is 2.86. The Balaban J connectivity index is 2.29. The number of ether oxygens (including phenoxy) is 2. The highest BCUT2D eigenvalue weighted by molar-refractivity contribution is 4.83. The summed E-state index contributed by atoms with van der Waals surface area (Å²) in [7, 11) is 1.98. The van der Waals surface area contributed by atoms with Gasteiger partial charge in [-0.25, -0.2) is 0 Å². The van der Waals surface area contributed by atoms with Crippen molar-refractivity contribution in [2.75, 3.05) is 26.9 Å². The van der Waals surface area contributed by atoms with Crippen LogP contribution in [-0.4, -0.2) is 39.0 Å². The second-order valence-corrected chi connectivity index (χ2v) is 4.07. The molecule has 0 radical (unpaired) electrons. The first kappa shape index (κ1) is 12.0. The van der Waals surface area contributed by atoms with Crippen LogP contribution in [0.2, 0.25) is 0 Å². The van der Waals surface area contributed by atoms with Gasteiger partial charge in [0.2, 0.25) is 0 Å². The Morgan fingerprint density at radius 1 is 1.57 bits per heavy atom. The van der Waals surface area contributed by atoms with Gasteiger partial charge in [-0.3, -0.25) is 0 Å². The second kappa shape index (κ2) is 6.38. The van der Waals surface area contributed by atoms with Crippen molar-refractivity contribution in [2.45, 2.75) is 38.8 Å². The van der Waals surface area contributed by atoms with Gasteiger partial charge in [0.25, 0.3) is 0 Å². The minimum Gasteiger partial charge on any atom is -0.380 e. The Kier molecular flexibility index (Phi) is 5.45. The summed E-state index contributed by atoms with van der Waals surface area (Å²) < 4.78 is 11.3. The average Bonchev–Trinajstić information content (AvgIpc) is 2.60. The molecule has 14 heavy (non-hydrogen) atoms. The molecule has 0 aliphatic carbocycles. The van der Waals surface area contributed by atoms with Gasteiger partial charge in [0.05, 0.1) is 18.8 Å². The average molecular weight is 201 g/mol. The molecule has 1 N–H and O–H groups in total. The molecule has 0 aromatic carbocycles. The van der Waals surface area contributed by atoms with Gasteiger partial charge in [-0.05, 0) is 25.8 Å². The molecule has 1 aliphatic rings. The lowest BCUT2D eigenvalue weighted by atomic mass is 9.98. The Morgan fingerprint density at radius 3 is 2.86 bits per heavy atom. The van der Waals surface area contributed by atoms with Gasteiger partial charge in [0, 0.05) is 13.2 Å². The van der Waals surface area contributed by atoms with E-state index >= 15 is 0 Å². The van der Waals surface area contributed by atoms with Crippen LogP contribution in [0.15, 0.2) is 0 Å². The van der Waals surface area contributed by atoms with Crippen LogP contribution in [-0.2, 0) is 9.47 Å². The van der Waals surface area contributed by atoms with E-state index in [0.29, 0.717) is 18.1 Å². The Bertz CT molecular complexity index is 152. The van der Waals surface area contributed by atoms with Gasteiger partial charge in [-0.1, -0.05) is 13.8 Å². The lowest BCUT2D eigenvalue weighted by molar-refractivity contribution is 0.0193. The van der Waals surface area contributed by atoms with Crippen molar-refractivity contribution >= 4 is 0 Å². The molecule has 0 spiro atoms. The fourth-order valence-corrected chi connectivity index (χ4v) is 1.93. The van der Waals surface area contributed by atoms with Gasteiger partial charge in [-0.15, -0.1) is 0 Å². The van der Waals surface area contributed by atoms with E-state index in [2.05, 4.69) is 19.2 Å². The fourth-order valence-electron chi connectivity index (χ4n) is 1.93. The van der Waals surface area contributed by atoms with Crippen molar-refractivity contribution in [1.82, 2.24) is 5.32 Å². The molecular formula is C11H23NO2. The first-order valence-electron chi connectivity index (χ1n) is 5.66. The van der Waals surface area contributed by atoms with Crippen LogP contribution in [0, 0.1) is 5.92 Å². The number of hydrogen-bond acceptors (Lipinski definition) is 3. The molecule has 0 amide bonds. The second-order valence-electron chi connectivity index (χ2n) is 4.07. The molecule has 0 aromatic heterocycles. The highest BCUT2D eigenvalue weighted by atomic mass is 16.5. The summed E-state index contributed by atoms with van der Waals surface area (Å²) in [5.74, 6) is 0.651. The monoisotopic (exact) mass is 201 g/mol. The lowest BCUT2D eigenvalue weighted by Crippen LogP contribution is -2.43. The molecule has 0 saturated carbocycles. The normalized spacial score (nSPS) is 29.4. The molecule has 3 nitrogen and oxygen atoms in total. The summed E-state index contributed by atoms with van der Waals surface area (Å²) in [4.78, 5) is 0. The predicted octanol–water partition coefficient (Wildman–Crippen LogP) is 1.43. The van der Waals surface area contributed by atoms with E-state index in [1.54, 1.807) is 0 Å². The van der Waals surface area contributed by atoms with Crippen LogP contribution >= 0.6 is 0 Å². The van der Waals surface area contributed by atoms with Crippen LogP contribution in [0.4, 0.5) is 0 Å². The molecule has 1 rings (SSSR count). The summed E-state index contributed by atoms with van der Waals surface area (Å²) in [5.41, 5.74) is 0. The van der Waals surface area contributed by atoms with E-state index in [1.807, 2.05) is 7.05 Å². The lowest BCUT2D eigenvalue weighted by Gasteiger charge is -2.25. The van der Waals surface area contributed by atoms with Crippen LogP contribution in [0.5, 0.6) is 0 Å². The zero-order valence-corrected chi connectivity index (χ0v) is 9.58. The summed E-state index contributed by atoms with van der Waals surface area (Å²) in [6.07, 6.45) is 2.59. The zero-order valence-electron chi connectivity index (χ0n) is 9.58. The maximum Gasteiger partial charge on any atom is 0.0776 e. The Hall–Kier alpha value is -0.120. The van der Waals surface area contributed by atoms with E-state index < -0.39 is 0 Å². The molecule has 0 bridgehead atoms. The first-order chi connectivity index (χ1) is 6.79. The first-order valence-corrected chi connectivity index (χ1v) is 5.66. The molecule has 84 valence electrons. The largest absolute Gasteiger partial charge is 0.380 e. The van der Waals surface area contributed by atoms with E-state index in [-0.39, 0.29) is 0 Å². The van der Waals surface area contributed by atoms with Crippen LogP contribution < -0.4 is 5.32 Å². The fraction of sp³-hybridized carbons (Fsp3) is 1.00. The highest BCUT2D eigenvalue weighted by Gasteiger charge is 2.31. The number of rotatable bonds is 6. The van der Waals surface area contributed by atoms with Crippen LogP contribution in [0.25, 0.3) is 0 Å². The maximum absolute atomic E-state index is 5.71. The topological polar surface area (TPSA) is 30.5 Å². The van der Waals surface area contributed by atoms with Crippen molar-refractivity contribution in [1.29, 1.82) is 0 Å². The van der Waals surface area contributed by atoms with Crippen molar-refractivity contribution in [2.24, 2.45) is 5.92 Å². The standard InChI is InChI=1S/C11H23NO2/c1-4-6-13-8-10(12-3)11-9(2)5-7-14-11/h9-12H,4-8H2,1-3H3. The van der Waals surface area contributed by atoms with Crippen molar-refractivity contribution < 1.29 is 9.47 Å². The molecule has 3 atom stereocenters. The van der Waals surface area contributed by atoms with Crippen molar-refractivity contribution in [3.8, 4) is 0 Å². The van der Waals surface area contributed by atoms with Gasteiger partial charge < -0.3 is 14.8 Å². The van der Waals surface area contributed by atoms with E-state index in [0.717, 1.165) is 26.2 Å². The van der Waals surface area contributed by atoms with Crippen LogP contribution in [0.3, 0.4) is 0 Å². The Labute approximate surface area is 87.2 Å². The highest BCUT2D eigenvalue weighted by Crippen LogP contribution is 2.22. The summed E-state index contributed by atoms with van der Waals surface area (Å²) in [6.45, 7) is 6.89. The van der Waals surface area contributed by atoms with Crippen molar-refractivity contribution in [3.05, 3.63) is 0 Å². The van der Waals surface area contributed by atoms with Crippen LogP contribution in [0.1, 0.15) is 26.7 Å². The molecule has 3 heteroatoms. The smallest absolute Gasteiger partial charge is 0.0776 e. The number of hydrogen-bond donors (Lipinski definition) is 1. The van der Waals surface area contributed by atoms with E-state index in [9.17, 15) is 0 Å². The van der Waals surface area contributed by atoms with E-state index in [1.165, 1.54) is 6.42 Å². The maximum atomic E-state index is 5.71. The zero-order chi connectivity index (χ0) is 10.4. The quantitative estimate of drug-likeness (QED) is 0.659. The Morgan fingerprint density at radius 2 is 2.36 bits per heavy atom. The van der Waals surface area contributed by atoms with Gasteiger partial charge >= 0.3 is 0 Å². The predicted molar refractivity (Wildman–Crippen MR) is 57.5 cm³/mol. The van der Waals surface area contributed by atoms with E-state index in [4.69, 9.17) is 9.47 Å². The molecule has 1 aliphatic heterocycles. The molecule has 1 saturated heterocycles. The minimum atomic E-state index is 0.330. The third kappa shape index (κ3) is 3.23. The SMILES string of the molecule is CCCOCC(NC)C1OCCC1C. The van der Waals surface area contributed by atoms with Gasteiger partial charge in [0.1, 0.15) is 0 Å². The summed E-state index contributed by atoms with van der Waals surface area (Å²) in [6, 6.07) is 0.346. The summed E-state index contributed by atoms with van der Waals surface area (Å²) >= 11 is 0. The molecule has 1 fully saturated rings. The number of likely N-dealkylation sites (N-methyl/N-ethyl adjacent to an activating group) is 1. The molecule has 3 unspecified atom stereocenters.